The van der Waals surface area contributed by atoms with Crippen molar-refractivity contribution in [1.82, 2.24) is 25.0 Å². The second kappa shape index (κ2) is 11.5. The molecule has 0 atom stereocenters. The Hall–Kier alpha value is -2.42. The number of rotatable bonds is 7. The molecule has 2 aromatic heterocycles. The highest BCUT2D eigenvalue weighted by Crippen LogP contribution is 2.10. The summed E-state index contributed by atoms with van der Waals surface area (Å²) in [5, 5.41) is 7.86. The first-order valence-electron chi connectivity index (χ1n) is 9.65. The molecule has 0 saturated carbocycles. The third-order valence-corrected chi connectivity index (χ3v) is 4.55. The molecule has 0 amide bonds. The van der Waals surface area contributed by atoms with E-state index in [2.05, 4.69) is 53.5 Å². The standard InChI is InChI=1S/C22H28N6.HI/c1-4-24-22(25-13-11-20-10-12-23-14-18(20)2)27(3)16-19-15-26-28(17-19)21-8-6-5-7-9-21;/h5-10,12,14-15,17H,4,11,13,16H2,1-3H3,(H,24,25);1H. The van der Waals surface area contributed by atoms with Crippen molar-refractivity contribution in [1.29, 1.82) is 0 Å². The van der Waals surface area contributed by atoms with Gasteiger partial charge in [0.25, 0.3) is 0 Å². The third kappa shape index (κ3) is 6.56. The van der Waals surface area contributed by atoms with Crippen LogP contribution >= 0.6 is 24.0 Å². The molecule has 7 heteroatoms. The number of para-hydroxylation sites is 1. The van der Waals surface area contributed by atoms with Crippen molar-refractivity contribution < 1.29 is 0 Å². The highest BCUT2D eigenvalue weighted by molar-refractivity contribution is 14.0. The van der Waals surface area contributed by atoms with E-state index in [4.69, 9.17) is 4.99 Å². The molecule has 6 nitrogen and oxygen atoms in total. The number of aryl methyl sites for hydroxylation is 1. The lowest BCUT2D eigenvalue weighted by Gasteiger charge is -2.21. The van der Waals surface area contributed by atoms with E-state index in [1.165, 1.54) is 11.1 Å². The maximum atomic E-state index is 4.79. The van der Waals surface area contributed by atoms with Gasteiger partial charge in [-0.15, -0.1) is 24.0 Å². The molecule has 0 fully saturated rings. The van der Waals surface area contributed by atoms with Crippen LogP contribution in [-0.4, -0.2) is 45.8 Å². The molecule has 0 spiro atoms. The fourth-order valence-electron chi connectivity index (χ4n) is 3.05. The minimum absolute atomic E-state index is 0. The largest absolute Gasteiger partial charge is 0.357 e. The summed E-state index contributed by atoms with van der Waals surface area (Å²) in [6.45, 7) is 6.49. The van der Waals surface area contributed by atoms with E-state index in [-0.39, 0.29) is 24.0 Å². The highest BCUT2D eigenvalue weighted by Gasteiger charge is 2.09. The number of benzene rings is 1. The Labute approximate surface area is 190 Å². The molecular weight excluding hydrogens is 475 g/mol. The van der Waals surface area contributed by atoms with Crippen LogP contribution in [-0.2, 0) is 13.0 Å². The van der Waals surface area contributed by atoms with Crippen molar-refractivity contribution in [3.05, 3.63) is 77.9 Å². The zero-order valence-corrected chi connectivity index (χ0v) is 19.6. The molecule has 154 valence electrons. The van der Waals surface area contributed by atoms with Crippen LogP contribution in [0.2, 0.25) is 0 Å². The average Bonchev–Trinajstić information content (AvgIpc) is 3.18. The summed E-state index contributed by atoms with van der Waals surface area (Å²) in [4.78, 5) is 11.1. The number of aromatic nitrogens is 3. The Morgan fingerprint density at radius 3 is 2.69 bits per heavy atom. The highest BCUT2D eigenvalue weighted by atomic mass is 127. The van der Waals surface area contributed by atoms with Gasteiger partial charge in [0.2, 0.25) is 0 Å². The lowest BCUT2D eigenvalue weighted by molar-refractivity contribution is 0.477. The van der Waals surface area contributed by atoms with E-state index in [1.54, 1.807) is 0 Å². The number of aliphatic imine (C=N–C) groups is 1. The maximum Gasteiger partial charge on any atom is 0.193 e. The molecule has 2 heterocycles. The monoisotopic (exact) mass is 504 g/mol. The van der Waals surface area contributed by atoms with Gasteiger partial charge >= 0.3 is 0 Å². The summed E-state index contributed by atoms with van der Waals surface area (Å²) in [5.41, 5.74) is 4.71. The lowest BCUT2D eigenvalue weighted by Crippen LogP contribution is -2.38. The van der Waals surface area contributed by atoms with Gasteiger partial charge in [-0.05, 0) is 49.6 Å². The molecule has 0 aliphatic rings. The van der Waals surface area contributed by atoms with Crippen molar-refractivity contribution in [2.75, 3.05) is 20.1 Å². The van der Waals surface area contributed by atoms with Gasteiger partial charge in [0.15, 0.2) is 5.96 Å². The number of nitrogens with zero attached hydrogens (tertiary/aromatic N) is 5. The van der Waals surface area contributed by atoms with Crippen LogP contribution in [0.15, 0.2) is 66.2 Å². The Balaban J connectivity index is 0.00000300. The maximum absolute atomic E-state index is 4.79. The summed E-state index contributed by atoms with van der Waals surface area (Å²) in [6, 6.07) is 12.2. The first-order chi connectivity index (χ1) is 13.7. The van der Waals surface area contributed by atoms with E-state index >= 15 is 0 Å². The van der Waals surface area contributed by atoms with E-state index < -0.39 is 0 Å². The average molecular weight is 504 g/mol. The first kappa shape index (κ1) is 22.9. The normalized spacial score (nSPS) is 11.1. The summed E-state index contributed by atoms with van der Waals surface area (Å²) in [5.74, 6) is 0.904. The van der Waals surface area contributed by atoms with E-state index in [1.807, 2.05) is 53.6 Å². The molecule has 3 rings (SSSR count). The number of nitrogens with one attached hydrogen (secondary N) is 1. The SMILES string of the molecule is CCNC(=NCCc1ccncc1C)N(C)Cc1cnn(-c2ccccc2)c1.I. The Kier molecular flexibility index (Phi) is 9.11. The van der Waals surface area contributed by atoms with Crippen molar-refractivity contribution in [3.8, 4) is 5.69 Å². The van der Waals surface area contributed by atoms with Gasteiger partial charge in [-0.2, -0.15) is 5.10 Å². The second-order valence-electron chi connectivity index (χ2n) is 6.77. The fraction of sp³-hybridized carbons (Fsp3) is 0.318. The zero-order chi connectivity index (χ0) is 19.8. The minimum Gasteiger partial charge on any atom is -0.357 e. The number of hydrogen-bond donors (Lipinski definition) is 1. The molecule has 1 aromatic carbocycles. The molecule has 0 saturated heterocycles. The molecule has 0 aliphatic heterocycles. The molecule has 0 radical (unpaired) electrons. The zero-order valence-electron chi connectivity index (χ0n) is 17.2. The van der Waals surface area contributed by atoms with E-state index in [0.29, 0.717) is 0 Å². The predicted octanol–water partition coefficient (Wildman–Crippen LogP) is 3.83. The minimum atomic E-state index is 0. The predicted molar refractivity (Wildman–Crippen MR) is 129 cm³/mol. The van der Waals surface area contributed by atoms with Crippen LogP contribution in [0, 0.1) is 6.92 Å². The van der Waals surface area contributed by atoms with Crippen LogP contribution in [0.3, 0.4) is 0 Å². The van der Waals surface area contributed by atoms with Gasteiger partial charge in [0.05, 0.1) is 11.9 Å². The smallest absolute Gasteiger partial charge is 0.193 e. The summed E-state index contributed by atoms with van der Waals surface area (Å²) in [7, 11) is 2.05. The Morgan fingerprint density at radius 1 is 1.17 bits per heavy atom. The molecule has 0 unspecified atom stereocenters. The molecular formula is C22H29IN6. The van der Waals surface area contributed by atoms with Crippen molar-refractivity contribution in [2.24, 2.45) is 4.99 Å². The Bertz CT molecular complexity index is 906. The molecule has 3 aromatic rings. The van der Waals surface area contributed by atoms with Gasteiger partial charge in [0.1, 0.15) is 0 Å². The topological polar surface area (TPSA) is 58.3 Å². The number of halogens is 1. The van der Waals surface area contributed by atoms with Crippen molar-refractivity contribution in [2.45, 2.75) is 26.8 Å². The first-order valence-corrected chi connectivity index (χ1v) is 9.65. The van der Waals surface area contributed by atoms with Gasteiger partial charge in [0, 0.05) is 50.8 Å². The number of guanidine groups is 1. The molecule has 0 bridgehead atoms. The molecule has 1 N–H and O–H groups in total. The fourth-order valence-corrected chi connectivity index (χ4v) is 3.05. The van der Waals surface area contributed by atoms with Crippen LogP contribution in [0.4, 0.5) is 0 Å². The number of pyridine rings is 1. The number of hydrogen-bond acceptors (Lipinski definition) is 3. The molecule has 29 heavy (non-hydrogen) atoms. The Morgan fingerprint density at radius 2 is 1.97 bits per heavy atom. The quantitative estimate of drug-likeness (QED) is 0.302. The lowest BCUT2D eigenvalue weighted by atomic mass is 10.1. The van der Waals surface area contributed by atoms with Crippen LogP contribution < -0.4 is 5.32 Å². The third-order valence-electron chi connectivity index (χ3n) is 4.55. The summed E-state index contributed by atoms with van der Waals surface area (Å²) in [6.07, 6.45) is 8.63. The van der Waals surface area contributed by atoms with Crippen molar-refractivity contribution in [3.63, 3.8) is 0 Å². The van der Waals surface area contributed by atoms with Gasteiger partial charge in [-0.25, -0.2) is 4.68 Å². The van der Waals surface area contributed by atoms with Gasteiger partial charge in [-0.3, -0.25) is 9.98 Å². The van der Waals surface area contributed by atoms with E-state index in [9.17, 15) is 0 Å². The van der Waals surface area contributed by atoms with Gasteiger partial charge in [-0.1, -0.05) is 18.2 Å². The molecule has 0 aliphatic carbocycles. The summed E-state index contributed by atoms with van der Waals surface area (Å²) >= 11 is 0. The summed E-state index contributed by atoms with van der Waals surface area (Å²) < 4.78 is 1.90. The van der Waals surface area contributed by atoms with Crippen LogP contribution in [0.1, 0.15) is 23.6 Å². The van der Waals surface area contributed by atoms with Gasteiger partial charge < -0.3 is 10.2 Å². The van der Waals surface area contributed by atoms with E-state index in [0.717, 1.165) is 43.3 Å². The van der Waals surface area contributed by atoms with Crippen LogP contribution in [0.5, 0.6) is 0 Å². The second-order valence-corrected chi connectivity index (χ2v) is 6.77. The van der Waals surface area contributed by atoms with Crippen molar-refractivity contribution >= 4 is 29.9 Å². The van der Waals surface area contributed by atoms with Crippen LogP contribution in [0.25, 0.3) is 5.69 Å².